The van der Waals surface area contributed by atoms with Crippen molar-refractivity contribution in [1.82, 2.24) is 5.32 Å². The van der Waals surface area contributed by atoms with Crippen LogP contribution in [0.3, 0.4) is 0 Å². The summed E-state index contributed by atoms with van der Waals surface area (Å²) in [6.07, 6.45) is 27.8. The molecule has 87 heavy (non-hydrogen) atoms. The van der Waals surface area contributed by atoms with E-state index in [4.69, 9.17) is 28.4 Å². The maximum Gasteiger partial charge on any atom is 0.220 e. The van der Waals surface area contributed by atoms with Crippen LogP contribution >= 0.6 is 0 Å². The SMILES string of the molecule is CCCCCCCCCCCCCCCCCCCCCCCCCCCCCCCCC(O)C(COC1OC(CO)C(OC2OC(CO)C(OC3OC(CO)C(O)C(O)C3O)C(O)C2O)C(O)C1O)NC(=O)CCCCCCCCCCCCCC. The average Bonchev–Trinajstić information content (AvgIpc) is 1.23. The van der Waals surface area contributed by atoms with E-state index in [0.29, 0.717) is 12.8 Å². The van der Waals surface area contributed by atoms with Gasteiger partial charge in [0, 0.05) is 6.42 Å². The summed E-state index contributed by atoms with van der Waals surface area (Å²) in [6.45, 7) is 1.83. The van der Waals surface area contributed by atoms with Crippen molar-refractivity contribution in [3.05, 3.63) is 0 Å². The third kappa shape index (κ3) is 33.5. The monoisotopic (exact) mass is 1250 g/mol. The second kappa shape index (κ2) is 51.2. The van der Waals surface area contributed by atoms with Crippen molar-refractivity contribution in [2.45, 2.75) is 401 Å². The number of aliphatic hydroxyl groups is 11. The Labute approximate surface area is 525 Å². The molecule has 0 saturated carbocycles. The molecule has 19 nitrogen and oxygen atoms in total. The topological polar surface area (TPSA) is 307 Å². The van der Waals surface area contributed by atoms with Crippen LogP contribution in [0.2, 0.25) is 0 Å². The van der Waals surface area contributed by atoms with Crippen LogP contribution in [0.25, 0.3) is 0 Å². The summed E-state index contributed by atoms with van der Waals surface area (Å²) in [5, 5.41) is 121. The summed E-state index contributed by atoms with van der Waals surface area (Å²) in [5.41, 5.74) is 0. The number of aliphatic hydroxyl groups excluding tert-OH is 11. The van der Waals surface area contributed by atoms with Gasteiger partial charge in [-0.05, 0) is 12.8 Å². The van der Waals surface area contributed by atoms with Gasteiger partial charge < -0.3 is 89.9 Å². The van der Waals surface area contributed by atoms with Crippen LogP contribution in [0.15, 0.2) is 0 Å². The first kappa shape index (κ1) is 80.0. The zero-order valence-corrected chi connectivity index (χ0v) is 54.5. The highest BCUT2D eigenvalue weighted by Gasteiger charge is 2.53. The first-order valence-electron chi connectivity index (χ1n) is 35.8. The minimum absolute atomic E-state index is 0.238. The highest BCUT2D eigenvalue weighted by Crippen LogP contribution is 2.33. The second-order valence-corrected chi connectivity index (χ2v) is 26.1. The summed E-state index contributed by atoms with van der Waals surface area (Å²) in [7, 11) is 0. The van der Waals surface area contributed by atoms with Crippen LogP contribution in [-0.2, 0) is 33.2 Å². The van der Waals surface area contributed by atoms with Gasteiger partial charge in [-0.25, -0.2) is 0 Å². The number of ether oxygens (including phenoxy) is 6. The van der Waals surface area contributed by atoms with E-state index in [1.807, 2.05) is 0 Å². The Kier molecular flexibility index (Phi) is 47.1. The van der Waals surface area contributed by atoms with Crippen molar-refractivity contribution >= 4 is 5.91 Å². The highest BCUT2D eigenvalue weighted by molar-refractivity contribution is 5.76. The molecule has 516 valence electrons. The highest BCUT2D eigenvalue weighted by atomic mass is 16.8. The van der Waals surface area contributed by atoms with Crippen molar-refractivity contribution < 1.29 is 89.4 Å². The molecular formula is C68H131NO18. The molecule has 3 heterocycles. The smallest absolute Gasteiger partial charge is 0.220 e. The Hall–Kier alpha value is -1.21. The van der Waals surface area contributed by atoms with E-state index in [0.717, 1.165) is 44.9 Å². The molecule has 3 saturated heterocycles. The van der Waals surface area contributed by atoms with E-state index in [-0.39, 0.29) is 18.9 Å². The molecule has 0 spiro atoms. The fourth-order valence-corrected chi connectivity index (χ4v) is 12.6. The minimum Gasteiger partial charge on any atom is -0.394 e. The minimum atomic E-state index is -1.97. The molecule has 12 N–H and O–H groups in total. The quantitative estimate of drug-likeness (QED) is 0.0252. The lowest BCUT2D eigenvalue weighted by molar-refractivity contribution is -0.379. The van der Waals surface area contributed by atoms with Gasteiger partial charge in [-0.2, -0.15) is 0 Å². The predicted octanol–water partition coefficient (Wildman–Crippen LogP) is 9.50. The maximum atomic E-state index is 13.4. The number of rotatable bonds is 56. The Bertz CT molecular complexity index is 1590. The van der Waals surface area contributed by atoms with Gasteiger partial charge in [-0.3, -0.25) is 4.79 Å². The van der Waals surface area contributed by atoms with E-state index in [2.05, 4.69) is 19.2 Å². The largest absolute Gasteiger partial charge is 0.394 e. The third-order valence-corrected chi connectivity index (χ3v) is 18.4. The van der Waals surface area contributed by atoms with Crippen LogP contribution in [0.1, 0.15) is 296 Å². The van der Waals surface area contributed by atoms with E-state index in [1.54, 1.807) is 0 Å². The Morgan fingerprint density at radius 3 is 1.00 bits per heavy atom. The zero-order valence-electron chi connectivity index (χ0n) is 54.5. The van der Waals surface area contributed by atoms with E-state index >= 15 is 0 Å². The number of hydrogen-bond acceptors (Lipinski definition) is 18. The number of carbonyl (C=O) groups excluding carboxylic acids is 1. The third-order valence-electron chi connectivity index (χ3n) is 18.4. The van der Waals surface area contributed by atoms with Crippen LogP contribution in [0, 0.1) is 0 Å². The molecule has 0 aliphatic carbocycles. The standard InChI is InChI=1S/C68H131NO18/c1-3-5-7-9-11-13-15-17-18-19-20-21-22-23-24-25-26-27-28-29-30-31-32-33-34-35-37-39-41-43-45-52(73)51(69-56(74)46-44-42-40-38-36-16-14-12-10-8-6-4-2)50-82-66-62(80)59(77)64(54(48-71)84-66)87-68-63(81)60(78)65(55(49-72)85-68)86-67-61(79)58(76)57(75)53(47-70)83-67/h51-55,57-68,70-73,75-81H,3-50H2,1-2H3,(H,69,74). The fraction of sp³-hybridized carbons (Fsp3) is 0.985. The van der Waals surface area contributed by atoms with Crippen LogP contribution in [0.4, 0.5) is 0 Å². The zero-order chi connectivity index (χ0) is 63.3. The molecule has 0 aromatic carbocycles. The molecule has 17 atom stereocenters. The molecule has 0 bridgehead atoms. The number of nitrogens with one attached hydrogen (secondary N) is 1. The summed E-state index contributed by atoms with van der Waals surface area (Å²) < 4.78 is 34.4. The van der Waals surface area contributed by atoms with Gasteiger partial charge in [0.25, 0.3) is 0 Å². The number of carbonyl (C=O) groups is 1. The first-order valence-corrected chi connectivity index (χ1v) is 35.8. The molecule has 0 aromatic rings. The molecule has 0 radical (unpaired) electrons. The Balaban J connectivity index is 1.36. The van der Waals surface area contributed by atoms with E-state index in [9.17, 15) is 61.0 Å². The van der Waals surface area contributed by atoms with Gasteiger partial charge in [0.05, 0.1) is 38.6 Å². The fourth-order valence-electron chi connectivity index (χ4n) is 12.6. The maximum absolute atomic E-state index is 13.4. The van der Waals surface area contributed by atoms with E-state index in [1.165, 1.54) is 218 Å². The van der Waals surface area contributed by atoms with Crippen molar-refractivity contribution in [2.75, 3.05) is 26.4 Å². The molecule has 3 aliphatic heterocycles. The lowest BCUT2D eigenvalue weighted by atomic mass is 9.96. The first-order chi connectivity index (χ1) is 42.3. The molecule has 17 unspecified atom stereocenters. The Morgan fingerprint density at radius 2 is 0.655 bits per heavy atom. The molecule has 19 heteroatoms. The number of unbranched alkanes of at least 4 members (excludes halogenated alkanes) is 40. The van der Waals surface area contributed by atoms with Crippen molar-refractivity contribution in [3.63, 3.8) is 0 Å². The summed E-state index contributed by atoms with van der Waals surface area (Å²) in [5.74, 6) is -0.238. The molecule has 3 rings (SSSR count). The summed E-state index contributed by atoms with van der Waals surface area (Å²) >= 11 is 0. The lowest BCUT2D eigenvalue weighted by Gasteiger charge is -2.48. The van der Waals surface area contributed by atoms with Crippen molar-refractivity contribution in [3.8, 4) is 0 Å². The molecular weight excluding hydrogens is 1120 g/mol. The van der Waals surface area contributed by atoms with Gasteiger partial charge >= 0.3 is 0 Å². The summed E-state index contributed by atoms with van der Waals surface area (Å²) in [4.78, 5) is 13.4. The van der Waals surface area contributed by atoms with Gasteiger partial charge in [0.2, 0.25) is 5.91 Å². The normalized spacial score (nSPS) is 28.5. The van der Waals surface area contributed by atoms with Crippen LogP contribution < -0.4 is 5.32 Å². The van der Waals surface area contributed by atoms with Gasteiger partial charge in [0.1, 0.15) is 73.2 Å². The predicted molar refractivity (Wildman–Crippen MR) is 337 cm³/mol. The van der Waals surface area contributed by atoms with Gasteiger partial charge in [0.15, 0.2) is 18.9 Å². The lowest BCUT2D eigenvalue weighted by Crippen LogP contribution is -2.66. The van der Waals surface area contributed by atoms with Crippen molar-refractivity contribution in [1.29, 1.82) is 0 Å². The molecule has 1 amide bonds. The van der Waals surface area contributed by atoms with Crippen LogP contribution in [0.5, 0.6) is 0 Å². The Morgan fingerprint density at radius 1 is 0.368 bits per heavy atom. The van der Waals surface area contributed by atoms with Gasteiger partial charge in [-0.15, -0.1) is 0 Å². The molecule has 3 aliphatic rings. The second-order valence-electron chi connectivity index (χ2n) is 26.1. The van der Waals surface area contributed by atoms with Crippen LogP contribution in [-0.4, -0.2) is 193 Å². The summed E-state index contributed by atoms with van der Waals surface area (Å²) in [6, 6.07) is -0.881. The molecule has 3 fully saturated rings. The van der Waals surface area contributed by atoms with Gasteiger partial charge in [-0.1, -0.05) is 277 Å². The molecule has 0 aromatic heterocycles. The number of hydrogen-bond donors (Lipinski definition) is 12. The van der Waals surface area contributed by atoms with E-state index < -0.39 is 124 Å². The van der Waals surface area contributed by atoms with Crippen molar-refractivity contribution in [2.24, 2.45) is 0 Å². The number of amides is 1. The average molecular weight is 1250 g/mol.